The van der Waals surface area contributed by atoms with Crippen LogP contribution in [0.4, 0.5) is 5.69 Å². The summed E-state index contributed by atoms with van der Waals surface area (Å²) in [6.45, 7) is 2.41. The molecule has 5 nitrogen and oxygen atoms in total. The highest BCUT2D eigenvalue weighted by Crippen LogP contribution is 2.05. The lowest BCUT2D eigenvalue weighted by Gasteiger charge is -2.05. The van der Waals surface area contributed by atoms with Gasteiger partial charge < -0.3 is 16.4 Å². The first-order valence-electron chi connectivity index (χ1n) is 5.49. The number of nitrogens with two attached hydrogens (primary N) is 1. The zero-order valence-corrected chi connectivity index (χ0v) is 9.82. The number of hydrogen-bond donors (Lipinski definition) is 3. The smallest absolute Gasteiger partial charge is 0.239 e. The number of anilines is 1. The second-order valence-corrected chi connectivity index (χ2v) is 3.65. The number of hydrogen-bond acceptors (Lipinski definition) is 3. The van der Waals surface area contributed by atoms with E-state index >= 15 is 0 Å². The Morgan fingerprint density at radius 1 is 1.12 bits per heavy atom. The van der Waals surface area contributed by atoms with Gasteiger partial charge in [0, 0.05) is 12.2 Å². The SMILES string of the molecule is CCNC(=O)CNC(=O)Cc1ccc(N)cc1. The van der Waals surface area contributed by atoms with Crippen LogP contribution in [0.25, 0.3) is 0 Å². The number of likely N-dealkylation sites (N-methyl/N-ethyl adjacent to an activating group) is 1. The number of rotatable bonds is 5. The fourth-order valence-electron chi connectivity index (χ4n) is 1.32. The molecule has 0 aromatic heterocycles. The second kappa shape index (κ2) is 6.52. The highest BCUT2D eigenvalue weighted by Gasteiger charge is 2.05. The topological polar surface area (TPSA) is 84.2 Å². The van der Waals surface area contributed by atoms with Crippen LogP contribution in [0, 0.1) is 0 Å². The highest BCUT2D eigenvalue weighted by molar-refractivity contribution is 5.85. The minimum Gasteiger partial charge on any atom is -0.399 e. The summed E-state index contributed by atoms with van der Waals surface area (Å²) in [5.74, 6) is -0.362. The summed E-state index contributed by atoms with van der Waals surface area (Å²) in [7, 11) is 0. The number of benzene rings is 1. The number of nitrogens with one attached hydrogen (secondary N) is 2. The van der Waals surface area contributed by atoms with Crippen LogP contribution in [0.15, 0.2) is 24.3 Å². The summed E-state index contributed by atoms with van der Waals surface area (Å²) in [6, 6.07) is 7.07. The fraction of sp³-hybridized carbons (Fsp3) is 0.333. The maximum atomic E-state index is 11.5. The number of carbonyl (C=O) groups excluding carboxylic acids is 2. The van der Waals surface area contributed by atoms with Gasteiger partial charge >= 0.3 is 0 Å². The summed E-state index contributed by atoms with van der Waals surface area (Å²) in [6.07, 6.45) is 0.250. The molecule has 5 heteroatoms. The molecule has 0 saturated heterocycles. The van der Waals surface area contributed by atoms with Crippen molar-refractivity contribution < 1.29 is 9.59 Å². The van der Waals surface area contributed by atoms with Crippen molar-refractivity contribution in [3.8, 4) is 0 Å². The second-order valence-electron chi connectivity index (χ2n) is 3.65. The molecule has 1 rings (SSSR count). The minimum absolute atomic E-state index is 0.0155. The normalized spacial score (nSPS) is 9.71. The Bertz CT molecular complexity index is 387. The Morgan fingerprint density at radius 3 is 2.35 bits per heavy atom. The summed E-state index contributed by atoms with van der Waals surface area (Å²) in [5, 5.41) is 5.15. The largest absolute Gasteiger partial charge is 0.399 e. The Kier molecular flexibility index (Phi) is 5.00. The van der Waals surface area contributed by atoms with Crippen molar-refractivity contribution in [2.75, 3.05) is 18.8 Å². The maximum Gasteiger partial charge on any atom is 0.239 e. The molecule has 0 fully saturated rings. The van der Waals surface area contributed by atoms with E-state index in [0.29, 0.717) is 12.2 Å². The Hall–Kier alpha value is -2.04. The first kappa shape index (κ1) is 13.0. The van der Waals surface area contributed by atoms with Gasteiger partial charge in [-0.3, -0.25) is 9.59 Å². The monoisotopic (exact) mass is 235 g/mol. The molecule has 0 saturated carbocycles. The average molecular weight is 235 g/mol. The number of carbonyl (C=O) groups is 2. The van der Waals surface area contributed by atoms with E-state index in [1.807, 2.05) is 6.92 Å². The Balaban J connectivity index is 2.34. The molecule has 0 spiro atoms. The van der Waals surface area contributed by atoms with Gasteiger partial charge in [-0.15, -0.1) is 0 Å². The van der Waals surface area contributed by atoms with Crippen LogP contribution >= 0.6 is 0 Å². The quantitative estimate of drug-likeness (QED) is 0.631. The molecule has 1 aromatic carbocycles. The standard InChI is InChI=1S/C12H17N3O2/c1-2-14-12(17)8-15-11(16)7-9-3-5-10(13)6-4-9/h3-6H,2,7-8,13H2,1H3,(H,14,17)(H,15,16). The zero-order valence-electron chi connectivity index (χ0n) is 9.82. The lowest BCUT2D eigenvalue weighted by Crippen LogP contribution is -2.37. The summed E-state index contributed by atoms with van der Waals surface area (Å²) < 4.78 is 0. The van der Waals surface area contributed by atoms with Gasteiger partial charge in [0.2, 0.25) is 11.8 Å². The van der Waals surface area contributed by atoms with E-state index < -0.39 is 0 Å². The molecule has 0 atom stereocenters. The van der Waals surface area contributed by atoms with Gasteiger partial charge in [0.15, 0.2) is 0 Å². The molecule has 0 aliphatic rings. The van der Waals surface area contributed by atoms with E-state index in [1.165, 1.54) is 0 Å². The van der Waals surface area contributed by atoms with Gasteiger partial charge in [-0.1, -0.05) is 12.1 Å². The molecule has 0 bridgehead atoms. The molecule has 4 N–H and O–H groups in total. The van der Waals surface area contributed by atoms with Gasteiger partial charge in [-0.05, 0) is 24.6 Å². The van der Waals surface area contributed by atoms with Crippen LogP contribution in [-0.2, 0) is 16.0 Å². The predicted molar refractivity (Wildman–Crippen MR) is 66.3 cm³/mol. The van der Waals surface area contributed by atoms with E-state index in [9.17, 15) is 9.59 Å². The molecule has 17 heavy (non-hydrogen) atoms. The number of nitrogen functional groups attached to an aromatic ring is 1. The lowest BCUT2D eigenvalue weighted by molar-refractivity contribution is -0.125. The van der Waals surface area contributed by atoms with Gasteiger partial charge in [0.25, 0.3) is 0 Å². The van der Waals surface area contributed by atoms with Crippen LogP contribution in [0.5, 0.6) is 0 Å². The fourth-order valence-corrected chi connectivity index (χ4v) is 1.32. The average Bonchev–Trinajstić information content (AvgIpc) is 2.30. The minimum atomic E-state index is -0.182. The molecule has 2 amide bonds. The molecule has 0 aliphatic carbocycles. The van der Waals surface area contributed by atoms with Crippen molar-refractivity contribution >= 4 is 17.5 Å². The molecule has 0 radical (unpaired) electrons. The molecule has 0 unspecified atom stereocenters. The Labute approximate surface area is 100 Å². The summed E-state index contributed by atoms with van der Waals surface area (Å²) >= 11 is 0. The van der Waals surface area contributed by atoms with Crippen molar-refractivity contribution in [1.82, 2.24) is 10.6 Å². The predicted octanol–water partition coefficient (Wildman–Crippen LogP) is 0.0636. The van der Waals surface area contributed by atoms with Crippen LogP contribution in [-0.4, -0.2) is 24.9 Å². The third-order valence-corrected chi connectivity index (χ3v) is 2.16. The van der Waals surface area contributed by atoms with Gasteiger partial charge in [-0.2, -0.15) is 0 Å². The van der Waals surface area contributed by atoms with E-state index in [1.54, 1.807) is 24.3 Å². The van der Waals surface area contributed by atoms with Gasteiger partial charge in [0.1, 0.15) is 0 Å². The van der Waals surface area contributed by atoms with Gasteiger partial charge in [0.05, 0.1) is 13.0 Å². The molecular weight excluding hydrogens is 218 g/mol. The first-order valence-corrected chi connectivity index (χ1v) is 5.49. The first-order chi connectivity index (χ1) is 8.11. The van der Waals surface area contributed by atoms with Crippen LogP contribution in [0.2, 0.25) is 0 Å². The van der Waals surface area contributed by atoms with Gasteiger partial charge in [-0.25, -0.2) is 0 Å². The van der Waals surface area contributed by atoms with Crippen LogP contribution < -0.4 is 16.4 Å². The van der Waals surface area contributed by atoms with Crippen LogP contribution in [0.1, 0.15) is 12.5 Å². The number of amides is 2. The Morgan fingerprint density at radius 2 is 1.76 bits per heavy atom. The summed E-state index contributed by atoms with van der Waals surface area (Å²) in [4.78, 5) is 22.6. The van der Waals surface area contributed by atoms with Crippen molar-refractivity contribution in [3.05, 3.63) is 29.8 Å². The van der Waals surface area contributed by atoms with Crippen molar-refractivity contribution in [3.63, 3.8) is 0 Å². The van der Waals surface area contributed by atoms with Crippen molar-refractivity contribution in [2.45, 2.75) is 13.3 Å². The third-order valence-electron chi connectivity index (χ3n) is 2.16. The molecule has 1 aromatic rings. The maximum absolute atomic E-state index is 11.5. The molecule has 0 aliphatic heterocycles. The third kappa shape index (κ3) is 5.01. The highest BCUT2D eigenvalue weighted by atomic mass is 16.2. The van der Waals surface area contributed by atoms with Crippen molar-refractivity contribution in [1.29, 1.82) is 0 Å². The molecule has 0 heterocycles. The lowest BCUT2D eigenvalue weighted by atomic mass is 10.1. The van der Waals surface area contributed by atoms with E-state index in [0.717, 1.165) is 5.56 Å². The van der Waals surface area contributed by atoms with Crippen LogP contribution in [0.3, 0.4) is 0 Å². The molecular formula is C12H17N3O2. The van der Waals surface area contributed by atoms with E-state index in [4.69, 9.17) is 5.73 Å². The van der Waals surface area contributed by atoms with Crippen molar-refractivity contribution in [2.24, 2.45) is 0 Å². The van der Waals surface area contributed by atoms with E-state index in [2.05, 4.69) is 10.6 Å². The summed E-state index contributed by atoms with van der Waals surface area (Å²) in [5.41, 5.74) is 7.07. The van der Waals surface area contributed by atoms with E-state index in [-0.39, 0.29) is 24.8 Å². The molecule has 92 valence electrons. The zero-order chi connectivity index (χ0) is 12.7.